The lowest BCUT2D eigenvalue weighted by atomic mass is 9.96. The minimum absolute atomic E-state index is 0.0437. The molecular formula is C25H30N4O4S. The number of fused-ring (bicyclic) bond motifs is 1. The number of hydrogen-bond donors (Lipinski definition) is 1. The Bertz CT molecular complexity index is 1220. The molecule has 0 bridgehead atoms. The Morgan fingerprint density at radius 2 is 1.65 bits per heavy atom. The average Bonchev–Trinajstić information content (AvgIpc) is 3.29. The normalized spacial score (nSPS) is 18.9. The highest BCUT2D eigenvalue weighted by Crippen LogP contribution is 2.28. The third-order valence-corrected chi connectivity index (χ3v) is 8.83. The fourth-order valence-corrected chi connectivity index (χ4v) is 6.13. The number of para-hydroxylation sites is 2. The molecule has 0 spiro atoms. The number of piperidine rings is 2. The predicted molar refractivity (Wildman–Crippen MR) is 131 cm³/mol. The Balaban J connectivity index is 1.16. The molecule has 2 fully saturated rings. The molecule has 2 aliphatic heterocycles. The van der Waals surface area contributed by atoms with Gasteiger partial charge in [-0.05, 0) is 68.0 Å². The van der Waals surface area contributed by atoms with Gasteiger partial charge in [0, 0.05) is 37.8 Å². The second-order valence-electron chi connectivity index (χ2n) is 9.33. The van der Waals surface area contributed by atoms with E-state index in [1.807, 2.05) is 24.3 Å². The van der Waals surface area contributed by atoms with Crippen molar-refractivity contribution in [3.05, 3.63) is 48.5 Å². The lowest BCUT2D eigenvalue weighted by molar-refractivity contribution is -0.120. The molecule has 1 aromatic heterocycles. The van der Waals surface area contributed by atoms with E-state index in [0.29, 0.717) is 56.6 Å². The van der Waals surface area contributed by atoms with Gasteiger partial charge in [0.15, 0.2) is 5.58 Å². The van der Waals surface area contributed by atoms with Crippen molar-refractivity contribution in [2.24, 2.45) is 11.8 Å². The quantitative estimate of drug-likeness (QED) is 0.588. The number of hydrogen-bond acceptors (Lipinski definition) is 6. The largest absolute Gasteiger partial charge is 0.423 e. The highest BCUT2D eigenvalue weighted by Gasteiger charge is 2.29. The molecule has 2 saturated heterocycles. The number of oxazole rings is 1. The maximum absolute atomic E-state index is 12.9. The van der Waals surface area contributed by atoms with Crippen LogP contribution in [0.1, 0.15) is 32.6 Å². The topological polar surface area (TPSA) is 95.8 Å². The molecule has 9 heteroatoms. The third kappa shape index (κ3) is 4.67. The summed E-state index contributed by atoms with van der Waals surface area (Å²) < 4.78 is 33.2. The van der Waals surface area contributed by atoms with Gasteiger partial charge in [0.05, 0.1) is 4.90 Å². The van der Waals surface area contributed by atoms with Crippen LogP contribution in [-0.2, 0) is 14.8 Å². The van der Waals surface area contributed by atoms with Crippen LogP contribution in [0, 0.1) is 11.8 Å². The van der Waals surface area contributed by atoms with E-state index in [4.69, 9.17) is 4.42 Å². The fraction of sp³-hybridized carbons (Fsp3) is 0.440. The number of carbonyl (C=O) groups excluding carboxylic acids is 1. The van der Waals surface area contributed by atoms with Gasteiger partial charge in [-0.15, -0.1) is 0 Å². The summed E-state index contributed by atoms with van der Waals surface area (Å²) in [6.45, 7) is 4.66. The molecule has 0 saturated carbocycles. The molecule has 2 aromatic carbocycles. The smallest absolute Gasteiger partial charge is 0.298 e. The zero-order chi connectivity index (χ0) is 23.7. The summed E-state index contributed by atoms with van der Waals surface area (Å²) in [5.74, 6) is 0.406. The molecule has 1 N–H and O–H groups in total. The van der Waals surface area contributed by atoms with Gasteiger partial charge in [-0.1, -0.05) is 19.1 Å². The van der Waals surface area contributed by atoms with Crippen LogP contribution in [0.5, 0.6) is 0 Å². The van der Waals surface area contributed by atoms with E-state index in [0.717, 1.165) is 23.9 Å². The van der Waals surface area contributed by atoms with Gasteiger partial charge < -0.3 is 14.6 Å². The van der Waals surface area contributed by atoms with E-state index in [1.54, 1.807) is 28.6 Å². The number of aromatic nitrogens is 1. The van der Waals surface area contributed by atoms with E-state index in [2.05, 4.69) is 22.1 Å². The maximum Gasteiger partial charge on any atom is 0.298 e. The second-order valence-corrected chi connectivity index (χ2v) is 11.3. The van der Waals surface area contributed by atoms with Crippen LogP contribution in [-0.4, -0.2) is 49.8 Å². The van der Waals surface area contributed by atoms with Crippen LogP contribution >= 0.6 is 0 Å². The van der Waals surface area contributed by atoms with E-state index in [-0.39, 0.29) is 16.7 Å². The lowest BCUT2D eigenvalue weighted by Crippen LogP contribution is -2.38. The SMILES string of the molecule is CC1CCN(S(=O)(=O)c2ccc(NC(=O)C3CCN(c4nc5ccccc5o4)CC3)cc2)CC1. The number of amides is 1. The number of anilines is 2. The molecule has 8 nitrogen and oxygen atoms in total. The first-order valence-electron chi connectivity index (χ1n) is 11.9. The minimum Gasteiger partial charge on any atom is -0.423 e. The molecular weight excluding hydrogens is 452 g/mol. The van der Waals surface area contributed by atoms with Gasteiger partial charge in [-0.2, -0.15) is 9.29 Å². The number of carbonyl (C=O) groups is 1. The highest BCUT2D eigenvalue weighted by atomic mass is 32.2. The summed E-state index contributed by atoms with van der Waals surface area (Å²) in [5.41, 5.74) is 2.20. The van der Waals surface area contributed by atoms with Crippen molar-refractivity contribution in [2.75, 3.05) is 36.4 Å². The van der Waals surface area contributed by atoms with Gasteiger partial charge in [0.25, 0.3) is 6.01 Å². The standard InChI is InChI=1S/C25H30N4O4S/c1-18-10-16-29(17-11-18)34(31,32)21-8-6-20(7-9-21)26-24(30)19-12-14-28(15-13-19)25-27-22-4-2-3-5-23(22)33-25/h2-9,18-19H,10-17H2,1H3,(H,26,30). The molecule has 2 aliphatic rings. The van der Waals surface area contributed by atoms with Crippen molar-refractivity contribution in [1.82, 2.24) is 9.29 Å². The molecule has 1 amide bonds. The molecule has 0 unspecified atom stereocenters. The molecule has 3 aromatic rings. The summed E-state index contributed by atoms with van der Waals surface area (Å²) in [4.78, 5) is 19.7. The van der Waals surface area contributed by atoms with Crippen LogP contribution < -0.4 is 10.2 Å². The zero-order valence-electron chi connectivity index (χ0n) is 19.3. The van der Waals surface area contributed by atoms with Crippen LogP contribution in [0.4, 0.5) is 11.7 Å². The van der Waals surface area contributed by atoms with Gasteiger partial charge in [-0.3, -0.25) is 4.79 Å². The van der Waals surface area contributed by atoms with E-state index < -0.39 is 10.0 Å². The summed E-state index contributed by atoms with van der Waals surface area (Å²) in [7, 11) is -3.49. The molecule has 3 heterocycles. The summed E-state index contributed by atoms with van der Waals surface area (Å²) in [5, 5.41) is 2.95. The Morgan fingerprint density at radius 1 is 0.971 bits per heavy atom. The minimum atomic E-state index is -3.49. The molecule has 5 rings (SSSR count). The second kappa shape index (κ2) is 9.38. The van der Waals surface area contributed by atoms with Crippen LogP contribution in [0.15, 0.2) is 57.8 Å². The van der Waals surface area contributed by atoms with Crippen molar-refractivity contribution < 1.29 is 17.6 Å². The molecule has 0 radical (unpaired) electrons. The number of sulfonamides is 1. The molecule has 34 heavy (non-hydrogen) atoms. The number of rotatable bonds is 5. The van der Waals surface area contributed by atoms with E-state index >= 15 is 0 Å². The number of nitrogens with one attached hydrogen (secondary N) is 1. The first-order chi connectivity index (χ1) is 16.4. The van der Waals surface area contributed by atoms with Crippen molar-refractivity contribution in [2.45, 2.75) is 37.5 Å². The average molecular weight is 483 g/mol. The van der Waals surface area contributed by atoms with Crippen LogP contribution in [0.3, 0.4) is 0 Å². The van der Waals surface area contributed by atoms with Gasteiger partial charge in [0.2, 0.25) is 15.9 Å². The maximum atomic E-state index is 12.9. The fourth-order valence-electron chi connectivity index (χ4n) is 4.66. The van der Waals surface area contributed by atoms with Crippen molar-refractivity contribution >= 4 is 38.7 Å². The summed E-state index contributed by atoms with van der Waals surface area (Å²) >= 11 is 0. The van der Waals surface area contributed by atoms with Gasteiger partial charge in [0.1, 0.15) is 5.52 Å². The van der Waals surface area contributed by atoms with Crippen molar-refractivity contribution in [3.63, 3.8) is 0 Å². The van der Waals surface area contributed by atoms with Crippen molar-refractivity contribution in [3.8, 4) is 0 Å². The first kappa shape index (κ1) is 22.9. The van der Waals surface area contributed by atoms with Crippen LogP contribution in [0.2, 0.25) is 0 Å². The Morgan fingerprint density at radius 3 is 2.32 bits per heavy atom. The number of benzene rings is 2. The zero-order valence-corrected chi connectivity index (χ0v) is 20.1. The molecule has 0 atom stereocenters. The third-order valence-electron chi connectivity index (χ3n) is 6.92. The van der Waals surface area contributed by atoms with Crippen LogP contribution in [0.25, 0.3) is 11.1 Å². The number of nitrogens with zero attached hydrogens (tertiary/aromatic N) is 3. The Kier molecular flexibility index (Phi) is 6.31. The van der Waals surface area contributed by atoms with Gasteiger partial charge >= 0.3 is 0 Å². The Labute approximate surface area is 200 Å². The highest BCUT2D eigenvalue weighted by molar-refractivity contribution is 7.89. The van der Waals surface area contributed by atoms with Crippen molar-refractivity contribution in [1.29, 1.82) is 0 Å². The summed E-state index contributed by atoms with van der Waals surface area (Å²) in [6.07, 6.45) is 3.17. The molecule has 180 valence electrons. The summed E-state index contributed by atoms with van der Waals surface area (Å²) in [6, 6.07) is 14.8. The van der Waals surface area contributed by atoms with Gasteiger partial charge in [-0.25, -0.2) is 8.42 Å². The molecule has 0 aliphatic carbocycles. The van der Waals surface area contributed by atoms with E-state index in [9.17, 15) is 13.2 Å². The predicted octanol–water partition coefficient (Wildman–Crippen LogP) is 4.10. The van der Waals surface area contributed by atoms with E-state index in [1.165, 1.54) is 0 Å². The first-order valence-corrected chi connectivity index (χ1v) is 13.4. The Hall–Kier alpha value is -2.91. The lowest BCUT2D eigenvalue weighted by Gasteiger charge is -2.30. The monoisotopic (exact) mass is 482 g/mol.